The molecule has 3 aromatic carbocycles. The van der Waals surface area contributed by atoms with Crippen LogP contribution in [0.15, 0.2) is 77.7 Å². The molecule has 33 heavy (non-hydrogen) atoms. The first-order valence-corrected chi connectivity index (χ1v) is 12.5. The Morgan fingerprint density at radius 1 is 0.879 bits per heavy atom. The third-order valence-corrected chi connectivity index (χ3v) is 8.49. The summed E-state index contributed by atoms with van der Waals surface area (Å²) in [6.07, 6.45) is 1.44. The van der Waals surface area contributed by atoms with E-state index in [-0.39, 0.29) is 10.8 Å². The van der Waals surface area contributed by atoms with Crippen molar-refractivity contribution in [1.82, 2.24) is 9.88 Å². The summed E-state index contributed by atoms with van der Waals surface area (Å²) >= 11 is 0. The maximum atomic E-state index is 13.4. The van der Waals surface area contributed by atoms with Gasteiger partial charge in [-0.15, -0.1) is 0 Å². The fourth-order valence-electron chi connectivity index (χ4n) is 5.00. The van der Waals surface area contributed by atoms with E-state index in [0.717, 1.165) is 34.1 Å². The second-order valence-corrected chi connectivity index (χ2v) is 10.5. The SMILES string of the molecule is O=C(c1cccc(S(=O)(=O)N2CCc3ccccc32)c1)N1CCc2[nH]c3ccccc3c2C1. The van der Waals surface area contributed by atoms with Crippen LogP contribution < -0.4 is 4.31 Å². The highest BCUT2D eigenvalue weighted by Gasteiger charge is 2.31. The van der Waals surface area contributed by atoms with Crippen molar-refractivity contribution in [2.24, 2.45) is 0 Å². The highest BCUT2D eigenvalue weighted by atomic mass is 32.2. The van der Waals surface area contributed by atoms with E-state index in [4.69, 9.17) is 0 Å². The van der Waals surface area contributed by atoms with Gasteiger partial charge in [-0.25, -0.2) is 8.42 Å². The number of para-hydroxylation sites is 2. The van der Waals surface area contributed by atoms with Gasteiger partial charge >= 0.3 is 0 Å². The second kappa shape index (κ2) is 7.49. The molecule has 0 aliphatic carbocycles. The number of aromatic nitrogens is 1. The molecule has 1 amide bonds. The zero-order chi connectivity index (χ0) is 22.6. The first-order valence-electron chi connectivity index (χ1n) is 11.1. The van der Waals surface area contributed by atoms with E-state index in [9.17, 15) is 13.2 Å². The molecule has 7 heteroatoms. The van der Waals surface area contributed by atoms with Crippen molar-refractivity contribution < 1.29 is 13.2 Å². The minimum absolute atomic E-state index is 0.148. The summed E-state index contributed by atoms with van der Waals surface area (Å²) in [6, 6.07) is 22.1. The third-order valence-electron chi connectivity index (χ3n) is 6.68. The maximum absolute atomic E-state index is 13.4. The molecule has 1 N–H and O–H groups in total. The van der Waals surface area contributed by atoms with Crippen LogP contribution in [0.1, 0.15) is 27.2 Å². The largest absolute Gasteiger partial charge is 0.358 e. The Hall–Kier alpha value is -3.58. The molecular weight excluding hydrogens is 434 g/mol. The number of hydrogen-bond donors (Lipinski definition) is 1. The van der Waals surface area contributed by atoms with Crippen molar-refractivity contribution in [3.8, 4) is 0 Å². The number of carbonyl (C=O) groups excluding carboxylic acids is 1. The number of rotatable bonds is 3. The number of anilines is 1. The van der Waals surface area contributed by atoms with Gasteiger partial charge in [0.15, 0.2) is 0 Å². The molecule has 0 fully saturated rings. The van der Waals surface area contributed by atoms with Crippen molar-refractivity contribution in [2.45, 2.75) is 24.3 Å². The number of hydrogen-bond acceptors (Lipinski definition) is 3. The number of amides is 1. The number of benzene rings is 3. The number of H-pyrrole nitrogens is 1. The number of carbonyl (C=O) groups is 1. The molecule has 2 aliphatic heterocycles. The van der Waals surface area contributed by atoms with E-state index in [0.29, 0.717) is 31.6 Å². The molecule has 1 aromatic heterocycles. The molecule has 0 saturated heterocycles. The Morgan fingerprint density at radius 3 is 2.61 bits per heavy atom. The Labute approximate surface area is 192 Å². The standard InChI is InChI=1S/C26H23N3O3S/c30-26(28-14-13-24-22(17-28)21-9-2-3-10-23(21)27-24)19-7-5-8-20(16-19)33(31,32)29-15-12-18-6-1-4-11-25(18)29/h1-11,16,27H,12-15,17H2. The Kier molecular flexibility index (Phi) is 4.55. The van der Waals surface area contributed by atoms with E-state index in [1.165, 1.54) is 16.1 Å². The molecule has 4 aromatic rings. The molecule has 6 rings (SSSR count). The van der Waals surface area contributed by atoms with Crippen LogP contribution in [-0.4, -0.2) is 37.3 Å². The van der Waals surface area contributed by atoms with Crippen LogP contribution in [0, 0.1) is 0 Å². The van der Waals surface area contributed by atoms with Crippen LogP contribution in [0.5, 0.6) is 0 Å². The van der Waals surface area contributed by atoms with Crippen LogP contribution in [0.3, 0.4) is 0 Å². The van der Waals surface area contributed by atoms with Gasteiger partial charge < -0.3 is 9.88 Å². The van der Waals surface area contributed by atoms with Gasteiger partial charge in [0.05, 0.1) is 10.6 Å². The Balaban J connectivity index is 1.30. The van der Waals surface area contributed by atoms with Gasteiger partial charge in [-0.1, -0.05) is 42.5 Å². The van der Waals surface area contributed by atoms with Crippen LogP contribution in [0.4, 0.5) is 5.69 Å². The molecule has 3 heterocycles. The average Bonchev–Trinajstić information content (AvgIpc) is 3.45. The molecule has 2 aliphatic rings. The summed E-state index contributed by atoms with van der Waals surface area (Å²) in [5, 5.41) is 1.13. The van der Waals surface area contributed by atoms with E-state index in [1.54, 1.807) is 23.1 Å². The van der Waals surface area contributed by atoms with Crippen molar-refractivity contribution in [2.75, 3.05) is 17.4 Å². The molecule has 0 unspecified atom stereocenters. The zero-order valence-corrected chi connectivity index (χ0v) is 18.8. The van der Waals surface area contributed by atoms with Gasteiger partial charge in [-0.05, 0) is 42.3 Å². The molecule has 0 saturated carbocycles. The maximum Gasteiger partial charge on any atom is 0.264 e. The van der Waals surface area contributed by atoms with Crippen molar-refractivity contribution >= 4 is 32.5 Å². The molecule has 0 bridgehead atoms. The van der Waals surface area contributed by atoms with Gasteiger partial charge in [0.1, 0.15) is 0 Å². The van der Waals surface area contributed by atoms with Crippen molar-refractivity contribution in [1.29, 1.82) is 0 Å². The lowest BCUT2D eigenvalue weighted by Gasteiger charge is -2.27. The quantitative estimate of drug-likeness (QED) is 0.503. The monoisotopic (exact) mass is 457 g/mol. The van der Waals surface area contributed by atoms with Crippen molar-refractivity contribution in [3.05, 3.63) is 95.2 Å². The fourth-order valence-corrected chi connectivity index (χ4v) is 6.55. The lowest BCUT2D eigenvalue weighted by atomic mass is 10.0. The first kappa shape index (κ1) is 20.1. The summed E-state index contributed by atoms with van der Waals surface area (Å²) in [7, 11) is -3.75. The third kappa shape index (κ3) is 3.23. The summed E-state index contributed by atoms with van der Waals surface area (Å²) in [5.74, 6) is -0.148. The number of fused-ring (bicyclic) bond motifs is 4. The summed E-state index contributed by atoms with van der Waals surface area (Å²) in [6.45, 7) is 1.51. The fraction of sp³-hybridized carbons (Fsp3) is 0.192. The topological polar surface area (TPSA) is 73.5 Å². The summed E-state index contributed by atoms with van der Waals surface area (Å²) < 4.78 is 28.3. The molecule has 0 spiro atoms. The number of nitrogens with one attached hydrogen (secondary N) is 1. The van der Waals surface area contributed by atoms with Gasteiger partial charge in [-0.2, -0.15) is 0 Å². The molecular formula is C26H23N3O3S. The highest BCUT2D eigenvalue weighted by molar-refractivity contribution is 7.92. The molecule has 6 nitrogen and oxygen atoms in total. The van der Waals surface area contributed by atoms with Gasteiger partial charge in [-0.3, -0.25) is 9.10 Å². The Morgan fingerprint density at radius 2 is 1.70 bits per heavy atom. The average molecular weight is 458 g/mol. The highest BCUT2D eigenvalue weighted by Crippen LogP contribution is 2.33. The lowest BCUT2D eigenvalue weighted by molar-refractivity contribution is 0.0735. The van der Waals surface area contributed by atoms with Crippen LogP contribution >= 0.6 is 0 Å². The zero-order valence-electron chi connectivity index (χ0n) is 18.0. The molecule has 0 radical (unpaired) electrons. The van der Waals surface area contributed by atoms with E-state index < -0.39 is 10.0 Å². The minimum atomic E-state index is -3.75. The normalized spacial score (nSPS) is 15.5. The number of sulfonamides is 1. The Bertz CT molecular complexity index is 1510. The predicted octanol–water partition coefficient (Wildman–Crippen LogP) is 4.12. The van der Waals surface area contributed by atoms with Crippen LogP contribution in [0.25, 0.3) is 10.9 Å². The van der Waals surface area contributed by atoms with Gasteiger partial charge in [0.2, 0.25) is 0 Å². The lowest BCUT2D eigenvalue weighted by Crippen LogP contribution is -2.36. The first-order chi connectivity index (χ1) is 16.0. The second-order valence-electron chi connectivity index (χ2n) is 8.59. The number of nitrogens with zero attached hydrogens (tertiary/aromatic N) is 2. The minimum Gasteiger partial charge on any atom is -0.358 e. The molecule has 166 valence electrons. The van der Waals surface area contributed by atoms with Crippen LogP contribution in [0.2, 0.25) is 0 Å². The van der Waals surface area contributed by atoms with Crippen molar-refractivity contribution in [3.63, 3.8) is 0 Å². The van der Waals surface area contributed by atoms with E-state index in [1.807, 2.05) is 42.5 Å². The predicted molar refractivity (Wildman–Crippen MR) is 128 cm³/mol. The van der Waals surface area contributed by atoms with Gasteiger partial charge in [0, 0.05) is 53.8 Å². The molecule has 0 atom stereocenters. The van der Waals surface area contributed by atoms with Gasteiger partial charge in [0.25, 0.3) is 15.9 Å². The smallest absolute Gasteiger partial charge is 0.264 e. The van der Waals surface area contributed by atoms with E-state index in [2.05, 4.69) is 11.1 Å². The summed E-state index contributed by atoms with van der Waals surface area (Å²) in [4.78, 5) is 18.8. The van der Waals surface area contributed by atoms with Crippen LogP contribution in [-0.2, 0) is 29.4 Å². The number of aromatic amines is 1. The summed E-state index contributed by atoms with van der Waals surface area (Å²) in [5.41, 5.74) is 5.53. The van der Waals surface area contributed by atoms with E-state index >= 15 is 0 Å².